The molecule has 2 heterocycles. The molecule has 0 unspecified atom stereocenters. The van der Waals surface area contributed by atoms with E-state index in [9.17, 15) is 9.59 Å². The standard InChI is InChI=1S/C24H30N4O3/c1-3-31-24(30)20(16-19-10-6-4-7-11-19)27-23(29)12-8-5-9-15-28-18(2)26-21-17-25-14-13-22(21)28/h4,6-7,10-11,13-14,17,20H,3,5,8-9,12,15-16H2,1-2H3,(H,27,29)/t20-/m0/s1. The predicted octanol–water partition coefficient (Wildman–Crippen LogP) is 3.59. The number of unbranched alkanes of at least 4 members (excludes halogenated alkanes) is 2. The number of aromatic nitrogens is 3. The Balaban J connectivity index is 1.45. The molecule has 7 heteroatoms. The molecule has 0 aliphatic carbocycles. The van der Waals surface area contributed by atoms with Crippen molar-refractivity contribution in [2.75, 3.05) is 6.61 Å². The van der Waals surface area contributed by atoms with Gasteiger partial charge in [-0.25, -0.2) is 9.78 Å². The van der Waals surface area contributed by atoms with Crippen molar-refractivity contribution in [3.8, 4) is 0 Å². The summed E-state index contributed by atoms with van der Waals surface area (Å²) in [6.45, 7) is 4.91. The van der Waals surface area contributed by atoms with E-state index in [2.05, 4.69) is 19.9 Å². The Labute approximate surface area is 182 Å². The molecule has 164 valence electrons. The number of imidazole rings is 1. The number of carbonyl (C=O) groups is 2. The lowest BCUT2D eigenvalue weighted by Gasteiger charge is -2.17. The summed E-state index contributed by atoms with van der Waals surface area (Å²) in [6, 6.07) is 11.0. The second-order valence-electron chi connectivity index (χ2n) is 7.55. The number of aryl methyl sites for hydroxylation is 2. The normalized spacial score (nSPS) is 11.9. The van der Waals surface area contributed by atoms with E-state index >= 15 is 0 Å². The zero-order chi connectivity index (χ0) is 22.1. The van der Waals surface area contributed by atoms with E-state index in [1.54, 1.807) is 19.3 Å². The number of fused-ring (bicyclic) bond motifs is 1. The Morgan fingerprint density at radius 1 is 1.13 bits per heavy atom. The second kappa shape index (κ2) is 11.2. The zero-order valence-corrected chi connectivity index (χ0v) is 18.2. The van der Waals surface area contributed by atoms with E-state index in [4.69, 9.17) is 4.74 Å². The number of amides is 1. The number of hydrogen-bond acceptors (Lipinski definition) is 5. The SMILES string of the molecule is CCOC(=O)[C@H](Cc1ccccc1)NC(=O)CCCCCn1c(C)nc2cnccc21. The van der Waals surface area contributed by atoms with Gasteiger partial charge >= 0.3 is 5.97 Å². The average molecular weight is 423 g/mol. The summed E-state index contributed by atoms with van der Waals surface area (Å²) in [4.78, 5) is 33.4. The van der Waals surface area contributed by atoms with E-state index in [1.165, 1.54) is 0 Å². The maximum atomic E-state index is 12.4. The third kappa shape index (κ3) is 6.38. The minimum atomic E-state index is -0.663. The topological polar surface area (TPSA) is 86.1 Å². The summed E-state index contributed by atoms with van der Waals surface area (Å²) >= 11 is 0. The number of ether oxygens (including phenoxy) is 1. The molecule has 1 amide bonds. The minimum absolute atomic E-state index is 0.121. The third-order valence-electron chi connectivity index (χ3n) is 5.22. The van der Waals surface area contributed by atoms with Crippen molar-refractivity contribution in [3.63, 3.8) is 0 Å². The fraction of sp³-hybridized carbons (Fsp3) is 0.417. The summed E-state index contributed by atoms with van der Waals surface area (Å²) in [5, 5.41) is 2.85. The van der Waals surface area contributed by atoms with Crippen molar-refractivity contribution in [2.24, 2.45) is 0 Å². The van der Waals surface area contributed by atoms with Crippen molar-refractivity contribution in [1.29, 1.82) is 0 Å². The first-order valence-corrected chi connectivity index (χ1v) is 10.8. The quantitative estimate of drug-likeness (QED) is 0.377. The molecule has 0 radical (unpaired) electrons. The van der Waals surface area contributed by atoms with Gasteiger partial charge in [0.05, 0.1) is 18.3 Å². The molecule has 7 nitrogen and oxygen atoms in total. The zero-order valence-electron chi connectivity index (χ0n) is 18.2. The molecule has 0 bridgehead atoms. The van der Waals surface area contributed by atoms with Crippen LogP contribution in [0.3, 0.4) is 0 Å². The van der Waals surface area contributed by atoms with Crippen LogP contribution in [0.5, 0.6) is 0 Å². The van der Waals surface area contributed by atoms with E-state index in [0.29, 0.717) is 19.4 Å². The number of carbonyl (C=O) groups excluding carboxylic acids is 2. The largest absolute Gasteiger partial charge is 0.464 e. The number of benzene rings is 1. The Morgan fingerprint density at radius 3 is 2.71 bits per heavy atom. The number of nitrogens with one attached hydrogen (secondary N) is 1. The maximum Gasteiger partial charge on any atom is 0.328 e. The molecular weight excluding hydrogens is 392 g/mol. The number of pyridine rings is 1. The lowest BCUT2D eigenvalue weighted by atomic mass is 10.1. The smallest absolute Gasteiger partial charge is 0.328 e. The maximum absolute atomic E-state index is 12.4. The van der Waals surface area contributed by atoms with Crippen LogP contribution in [0.15, 0.2) is 48.8 Å². The van der Waals surface area contributed by atoms with Crippen LogP contribution in [0.2, 0.25) is 0 Å². The molecule has 0 spiro atoms. The highest BCUT2D eigenvalue weighted by Crippen LogP contribution is 2.16. The Kier molecular flexibility index (Phi) is 8.15. The molecule has 1 atom stereocenters. The molecule has 0 saturated heterocycles. The van der Waals surface area contributed by atoms with Crippen molar-refractivity contribution < 1.29 is 14.3 Å². The van der Waals surface area contributed by atoms with Gasteiger partial charge in [0, 0.05) is 25.6 Å². The first-order valence-electron chi connectivity index (χ1n) is 10.8. The van der Waals surface area contributed by atoms with Crippen LogP contribution in [0.25, 0.3) is 11.0 Å². The van der Waals surface area contributed by atoms with Crippen LogP contribution in [0, 0.1) is 6.92 Å². The number of rotatable bonds is 11. The van der Waals surface area contributed by atoms with Gasteiger partial charge in [0.15, 0.2) is 0 Å². The van der Waals surface area contributed by atoms with Gasteiger partial charge in [-0.05, 0) is 38.3 Å². The average Bonchev–Trinajstić information content (AvgIpc) is 3.09. The first-order chi connectivity index (χ1) is 15.1. The van der Waals surface area contributed by atoms with Gasteiger partial charge in [-0.15, -0.1) is 0 Å². The van der Waals surface area contributed by atoms with Crippen LogP contribution in [0.4, 0.5) is 0 Å². The van der Waals surface area contributed by atoms with Crippen LogP contribution in [-0.4, -0.2) is 39.1 Å². The molecule has 0 aliphatic heterocycles. The van der Waals surface area contributed by atoms with E-state index in [-0.39, 0.29) is 5.91 Å². The molecular formula is C24H30N4O3. The van der Waals surface area contributed by atoms with Gasteiger partial charge < -0.3 is 14.6 Å². The highest BCUT2D eigenvalue weighted by Gasteiger charge is 2.22. The molecule has 2 aromatic heterocycles. The van der Waals surface area contributed by atoms with Crippen LogP contribution >= 0.6 is 0 Å². The molecule has 3 aromatic rings. The Hall–Kier alpha value is -3.22. The second-order valence-corrected chi connectivity index (χ2v) is 7.55. The predicted molar refractivity (Wildman–Crippen MR) is 119 cm³/mol. The summed E-state index contributed by atoms with van der Waals surface area (Å²) in [5.74, 6) is 0.458. The van der Waals surface area contributed by atoms with Crippen LogP contribution in [0.1, 0.15) is 44.0 Å². The molecule has 0 saturated carbocycles. The fourth-order valence-corrected chi connectivity index (χ4v) is 3.67. The molecule has 3 rings (SSSR count). The molecule has 0 fully saturated rings. The molecule has 1 N–H and O–H groups in total. The van der Waals surface area contributed by atoms with Crippen LogP contribution in [-0.2, 0) is 27.3 Å². The van der Waals surface area contributed by atoms with Crippen molar-refractivity contribution >= 4 is 22.9 Å². The summed E-state index contributed by atoms with van der Waals surface area (Å²) in [7, 11) is 0. The highest BCUT2D eigenvalue weighted by atomic mass is 16.5. The number of hydrogen-bond donors (Lipinski definition) is 1. The molecule has 0 aliphatic rings. The summed E-state index contributed by atoms with van der Waals surface area (Å²) < 4.78 is 7.33. The van der Waals surface area contributed by atoms with Gasteiger partial charge in [0.1, 0.15) is 17.4 Å². The molecule has 1 aromatic carbocycles. The fourth-order valence-electron chi connectivity index (χ4n) is 3.67. The van der Waals surface area contributed by atoms with Gasteiger partial charge in [-0.1, -0.05) is 36.8 Å². The lowest BCUT2D eigenvalue weighted by Crippen LogP contribution is -2.43. The lowest BCUT2D eigenvalue weighted by molar-refractivity contribution is -0.147. The number of esters is 1. The van der Waals surface area contributed by atoms with Crippen molar-refractivity contribution in [1.82, 2.24) is 19.9 Å². The summed E-state index contributed by atoms with van der Waals surface area (Å²) in [6.07, 6.45) is 7.00. The van der Waals surface area contributed by atoms with E-state index in [1.807, 2.05) is 43.3 Å². The monoisotopic (exact) mass is 422 g/mol. The van der Waals surface area contributed by atoms with E-state index < -0.39 is 12.0 Å². The highest BCUT2D eigenvalue weighted by molar-refractivity contribution is 5.84. The van der Waals surface area contributed by atoms with Gasteiger partial charge in [-0.3, -0.25) is 9.78 Å². The van der Waals surface area contributed by atoms with Crippen molar-refractivity contribution in [2.45, 2.75) is 58.5 Å². The first kappa shape index (κ1) is 22.5. The van der Waals surface area contributed by atoms with Gasteiger partial charge in [0.25, 0.3) is 0 Å². The number of nitrogens with zero attached hydrogens (tertiary/aromatic N) is 3. The van der Waals surface area contributed by atoms with E-state index in [0.717, 1.165) is 48.2 Å². The van der Waals surface area contributed by atoms with Gasteiger partial charge in [0.2, 0.25) is 5.91 Å². The van der Waals surface area contributed by atoms with Crippen molar-refractivity contribution in [3.05, 3.63) is 60.2 Å². The Bertz CT molecular complexity index is 1000. The summed E-state index contributed by atoms with van der Waals surface area (Å²) in [5.41, 5.74) is 2.98. The minimum Gasteiger partial charge on any atom is -0.464 e. The third-order valence-corrected chi connectivity index (χ3v) is 5.22. The van der Waals surface area contributed by atoms with Gasteiger partial charge in [-0.2, -0.15) is 0 Å². The Morgan fingerprint density at radius 2 is 1.94 bits per heavy atom. The van der Waals surface area contributed by atoms with Crippen LogP contribution < -0.4 is 5.32 Å². The molecule has 31 heavy (non-hydrogen) atoms.